The monoisotopic (exact) mass is 269 g/mol. The number of carbonyl (C=O) groups excluding carboxylic acids is 1. The summed E-state index contributed by atoms with van der Waals surface area (Å²) in [4.78, 5) is 22.3. The predicted octanol–water partition coefficient (Wildman–Crippen LogP) is 1.48. The van der Waals surface area contributed by atoms with Crippen LogP contribution < -0.4 is 5.32 Å². The lowest BCUT2D eigenvalue weighted by atomic mass is 10.2. The van der Waals surface area contributed by atoms with Crippen molar-refractivity contribution >= 4 is 11.6 Å². The Labute approximate surface area is 111 Å². The smallest absolute Gasteiger partial charge is 0.287 e. The van der Waals surface area contributed by atoms with Crippen molar-refractivity contribution in [3.63, 3.8) is 0 Å². The Hall–Kier alpha value is -1.89. The molecule has 7 heteroatoms. The van der Waals surface area contributed by atoms with Crippen molar-refractivity contribution in [1.29, 1.82) is 0 Å². The van der Waals surface area contributed by atoms with Crippen LogP contribution in [0.25, 0.3) is 0 Å². The Morgan fingerprint density at radius 3 is 2.63 bits per heavy atom. The van der Waals surface area contributed by atoms with E-state index in [4.69, 9.17) is 5.11 Å². The van der Waals surface area contributed by atoms with E-state index in [0.717, 1.165) is 0 Å². The maximum absolute atomic E-state index is 12.1. The summed E-state index contributed by atoms with van der Waals surface area (Å²) in [5.74, 6) is -0.414. The van der Waals surface area contributed by atoms with E-state index in [9.17, 15) is 14.9 Å². The number of carbonyl (C=O) groups is 1. The molecule has 1 heterocycles. The zero-order valence-electron chi connectivity index (χ0n) is 11.3. The van der Waals surface area contributed by atoms with Crippen LogP contribution in [0.3, 0.4) is 0 Å². The van der Waals surface area contributed by atoms with Crippen LogP contribution in [0.4, 0.5) is 5.69 Å². The Bertz CT molecular complexity index is 464. The van der Waals surface area contributed by atoms with Gasteiger partial charge in [-0.1, -0.05) is 6.92 Å². The van der Waals surface area contributed by atoms with Crippen LogP contribution in [0.2, 0.25) is 0 Å². The molecule has 106 valence electrons. The van der Waals surface area contributed by atoms with Gasteiger partial charge in [-0.2, -0.15) is 0 Å². The van der Waals surface area contributed by atoms with E-state index >= 15 is 0 Å². The minimum Gasteiger partial charge on any atom is -0.394 e. The van der Waals surface area contributed by atoms with E-state index in [1.807, 2.05) is 20.8 Å². The highest BCUT2D eigenvalue weighted by Gasteiger charge is 2.22. The molecule has 0 saturated carbocycles. The van der Waals surface area contributed by atoms with Crippen LogP contribution in [-0.2, 0) is 0 Å². The Morgan fingerprint density at radius 2 is 2.21 bits per heavy atom. The number of aliphatic hydroxyl groups excluding tert-OH is 1. The molecule has 1 amide bonds. The van der Waals surface area contributed by atoms with Crippen molar-refractivity contribution < 1.29 is 14.8 Å². The summed E-state index contributed by atoms with van der Waals surface area (Å²) in [6.45, 7) is 5.35. The number of aliphatic hydroxyl groups is 1. The van der Waals surface area contributed by atoms with Gasteiger partial charge < -0.3 is 15.0 Å². The quantitative estimate of drug-likeness (QED) is 0.603. The molecule has 0 spiro atoms. The molecule has 0 aliphatic carbocycles. The third-order valence-electron chi connectivity index (χ3n) is 2.88. The van der Waals surface area contributed by atoms with Crippen LogP contribution in [0, 0.1) is 10.1 Å². The zero-order valence-corrected chi connectivity index (χ0v) is 11.3. The Kier molecular flexibility index (Phi) is 5.05. The maximum Gasteiger partial charge on any atom is 0.287 e. The fourth-order valence-electron chi connectivity index (χ4n) is 1.71. The molecule has 0 saturated heterocycles. The lowest BCUT2D eigenvalue weighted by Crippen LogP contribution is -2.38. The van der Waals surface area contributed by atoms with Crippen molar-refractivity contribution in [2.45, 2.75) is 39.3 Å². The topological polar surface area (TPSA) is 97.4 Å². The predicted molar refractivity (Wildman–Crippen MR) is 70.1 cm³/mol. The Balaban J connectivity index is 3.04. The van der Waals surface area contributed by atoms with E-state index < -0.39 is 10.8 Å². The first kappa shape index (κ1) is 15.2. The van der Waals surface area contributed by atoms with Gasteiger partial charge in [-0.15, -0.1) is 0 Å². The number of rotatable bonds is 6. The SMILES string of the molecule is CC[C@@H](CO)NC(=O)c1cc([N+](=O)[O-])cn1C(C)C. The molecule has 0 bridgehead atoms. The summed E-state index contributed by atoms with van der Waals surface area (Å²) in [5.41, 5.74) is 0.115. The van der Waals surface area contributed by atoms with Crippen molar-refractivity contribution in [3.8, 4) is 0 Å². The minimum absolute atomic E-state index is 0.0661. The number of nitrogens with one attached hydrogen (secondary N) is 1. The van der Waals surface area contributed by atoms with Gasteiger partial charge in [0.2, 0.25) is 0 Å². The van der Waals surface area contributed by atoms with E-state index in [2.05, 4.69) is 5.32 Å². The second-order valence-corrected chi connectivity index (χ2v) is 4.60. The maximum atomic E-state index is 12.1. The summed E-state index contributed by atoms with van der Waals surface area (Å²) >= 11 is 0. The molecule has 0 aliphatic rings. The fourth-order valence-corrected chi connectivity index (χ4v) is 1.71. The highest BCUT2D eigenvalue weighted by Crippen LogP contribution is 2.20. The molecule has 0 aliphatic heterocycles. The van der Waals surface area contributed by atoms with Crippen molar-refractivity contribution in [2.75, 3.05) is 6.61 Å². The van der Waals surface area contributed by atoms with Crippen molar-refractivity contribution in [1.82, 2.24) is 9.88 Å². The van der Waals surface area contributed by atoms with Crippen molar-refractivity contribution in [3.05, 3.63) is 28.1 Å². The third kappa shape index (κ3) is 3.54. The Morgan fingerprint density at radius 1 is 1.58 bits per heavy atom. The van der Waals surface area contributed by atoms with Gasteiger partial charge in [-0.25, -0.2) is 0 Å². The van der Waals surface area contributed by atoms with Crippen LogP contribution in [-0.4, -0.2) is 33.2 Å². The molecule has 1 aromatic heterocycles. The largest absolute Gasteiger partial charge is 0.394 e. The molecule has 0 unspecified atom stereocenters. The molecule has 1 aromatic rings. The lowest BCUT2D eigenvalue weighted by molar-refractivity contribution is -0.384. The number of amides is 1. The first-order valence-electron chi connectivity index (χ1n) is 6.18. The molecule has 0 aromatic carbocycles. The minimum atomic E-state index is -0.529. The first-order chi connectivity index (χ1) is 8.90. The number of aromatic nitrogens is 1. The number of nitro groups is 1. The van der Waals surface area contributed by atoms with Crippen LogP contribution in [0.15, 0.2) is 12.3 Å². The summed E-state index contributed by atoms with van der Waals surface area (Å²) in [7, 11) is 0. The highest BCUT2D eigenvalue weighted by molar-refractivity contribution is 5.93. The standard InChI is InChI=1S/C12H19N3O4/c1-4-9(7-16)13-12(17)11-5-10(15(18)19)6-14(11)8(2)3/h5-6,8-9,16H,4,7H2,1-3H3,(H,13,17)/t9-/m0/s1. The molecule has 1 atom stereocenters. The van der Waals surface area contributed by atoms with Crippen molar-refractivity contribution in [2.24, 2.45) is 0 Å². The van der Waals surface area contributed by atoms with E-state index in [-0.39, 0.29) is 30.1 Å². The van der Waals surface area contributed by atoms with Crippen LogP contribution >= 0.6 is 0 Å². The molecule has 2 N–H and O–H groups in total. The van der Waals surface area contributed by atoms with E-state index in [1.54, 1.807) is 4.57 Å². The van der Waals surface area contributed by atoms with E-state index in [0.29, 0.717) is 6.42 Å². The summed E-state index contributed by atoms with van der Waals surface area (Å²) < 4.78 is 1.55. The molecule has 0 radical (unpaired) electrons. The van der Waals surface area contributed by atoms with Gasteiger partial charge in [0.25, 0.3) is 11.6 Å². The second-order valence-electron chi connectivity index (χ2n) is 4.60. The van der Waals surface area contributed by atoms with Gasteiger partial charge in [-0.05, 0) is 20.3 Å². The average molecular weight is 269 g/mol. The van der Waals surface area contributed by atoms with Gasteiger partial charge in [0.15, 0.2) is 0 Å². The number of hydrogen-bond donors (Lipinski definition) is 2. The van der Waals surface area contributed by atoms with E-state index in [1.165, 1.54) is 12.3 Å². The normalized spacial score (nSPS) is 12.5. The van der Waals surface area contributed by atoms with Crippen LogP contribution in [0.1, 0.15) is 43.7 Å². The van der Waals surface area contributed by atoms with Gasteiger partial charge >= 0.3 is 0 Å². The molecular formula is C12H19N3O4. The van der Waals surface area contributed by atoms with Gasteiger partial charge in [0, 0.05) is 12.1 Å². The fraction of sp³-hybridized carbons (Fsp3) is 0.583. The number of nitrogens with zero attached hydrogens (tertiary/aromatic N) is 2. The summed E-state index contributed by atoms with van der Waals surface area (Å²) in [6.07, 6.45) is 1.94. The average Bonchev–Trinajstić information content (AvgIpc) is 2.81. The summed E-state index contributed by atoms with van der Waals surface area (Å²) in [5, 5.41) is 22.5. The first-order valence-corrected chi connectivity index (χ1v) is 6.18. The number of hydrogen-bond acceptors (Lipinski definition) is 4. The summed E-state index contributed by atoms with van der Waals surface area (Å²) in [6, 6.07) is 0.838. The van der Waals surface area contributed by atoms with Gasteiger partial charge in [-0.3, -0.25) is 14.9 Å². The lowest BCUT2D eigenvalue weighted by Gasteiger charge is -2.16. The highest BCUT2D eigenvalue weighted by atomic mass is 16.6. The molecule has 0 fully saturated rings. The van der Waals surface area contributed by atoms with Crippen LogP contribution in [0.5, 0.6) is 0 Å². The second kappa shape index (κ2) is 6.33. The molecular weight excluding hydrogens is 250 g/mol. The molecule has 19 heavy (non-hydrogen) atoms. The van der Waals surface area contributed by atoms with Gasteiger partial charge in [0.1, 0.15) is 5.69 Å². The molecule has 1 rings (SSSR count). The molecule has 7 nitrogen and oxygen atoms in total. The third-order valence-corrected chi connectivity index (χ3v) is 2.88. The van der Waals surface area contributed by atoms with Gasteiger partial charge in [0.05, 0.1) is 23.8 Å². The zero-order chi connectivity index (χ0) is 14.6.